The minimum atomic E-state index is -0.293. The summed E-state index contributed by atoms with van der Waals surface area (Å²) in [5.74, 6) is 1.09. The van der Waals surface area contributed by atoms with Gasteiger partial charge in [-0.2, -0.15) is 0 Å². The highest BCUT2D eigenvalue weighted by Gasteiger charge is 2.20. The number of benzene rings is 2. The molecule has 0 amide bonds. The van der Waals surface area contributed by atoms with E-state index in [-0.39, 0.29) is 18.5 Å². The fraction of sp³-hybridized carbons (Fsp3) is 0.200. The lowest BCUT2D eigenvalue weighted by Gasteiger charge is -2.09. The van der Waals surface area contributed by atoms with Crippen LogP contribution in [0, 0.1) is 5.82 Å². The van der Waals surface area contributed by atoms with E-state index in [0.717, 1.165) is 11.3 Å². The van der Waals surface area contributed by atoms with Gasteiger partial charge in [0.15, 0.2) is 0 Å². The first-order valence-electron chi connectivity index (χ1n) is 6.22. The molecule has 20 heavy (non-hydrogen) atoms. The molecule has 0 saturated heterocycles. The van der Waals surface area contributed by atoms with E-state index >= 15 is 0 Å². The third-order valence-corrected chi connectivity index (χ3v) is 3.71. The van der Waals surface area contributed by atoms with Gasteiger partial charge in [0.1, 0.15) is 30.5 Å². The molecule has 5 heteroatoms. The molecular weight excluding hydrogens is 325 g/mol. The minimum absolute atomic E-state index is 0.0806. The monoisotopic (exact) mass is 337 g/mol. The van der Waals surface area contributed by atoms with Gasteiger partial charge in [-0.05, 0) is 24.3 Å². The van der Waals surface area contributed by atoms with Crippen molar-refractivity contribution in [3.05, 3.63) is 57.8 Å². The summed E-state index contributed by atoms with van der Waals surface area (Å²) >= 11 is 3.22. The maximum Gasteiger partial charge on any atom is 0.130 e. The predicted molar refractivity (Wildman–Crippen MR) is 77.3 cm³/mol. The lowest BCUT2D eigenvalue weighted by atomic mass is 10.1. The van der Waals surface area contributed by atoms with Gasteiger partial charge in [0.05, 0.1) is 6.04 Å². The average Bonchev–Trinajstić information content (AvgIpc) is 2.79. The molecule has 0 fully saturated rings. The fourth-order valence-electron chi connectivity index (χ4n) is 2.10. The minimum Gasteiger partial charge on any atom is -0.491 e. The first-order chi connectivity index (χ1) is 9.63. The molecule has 2 N–H and O–H groups in total. The number of nitrogens with two attached hydrogens (primary N) is 1. The van der Waals surface area contributed by atoms with Crippen molar-refractivity contribution in [3.63, 3.8) is 0 Å². The van der Waals surface area contributed by atoms with Crippen LogP contribution >= 0.6 is 15.9 Å². The zero-order valence-electron chi connectivity index (χ0n) is 10.6. The van der Waals surface area contributed by atoms with Crippen molar-refractivity contribution in [3.8, 4) is 11.5 Å². The van der Waals surface area contributed by atoms with Crippen LogP contribution in [0.5, 0.6) is 11.5 Å². The van der Waals surface area contributed by atoms with Crippen molar-refractivity contribution in [2.75, 3.05) is 6.61 Å². The Balaban J connectivity index is 1.73. The van der Waals surface area contributed by atoms with E-state index in [1.165, 1.54) is 6.07 Å². The van der Waals surface area contributed by atoms with E-state index in [4.69, 9.17) is 15.2 Å². The van der Waals surface area contributed by atoms with Crippen LogP contribution < -0.4 is 15.2 Å². The predicted octanol–water partition coefficient (Wildman–Crippen LogP) is 3.56. The molecule has 1 heterocycles. The van der Waals surface area contributed by atoms with Crippen molar-refractivity contribution in [1.29, 1.82) is 0 Å². The number of fused-ring (bicyclic) bond motifs is 1. The maximum atomic E-state index is 13.7. The third-order valence-electron chi connectivity index (χ3n) is 3.21. The van der Waals surface area contributed by atoms with Crippen LogP contribution in [0.15, 0.2) is 40.9 Å². The zero-order valence-corrected chi connectivity index (χ0v) is 12.2. The first-order valence-corrected chi connectivity index (χ1v) is 7.02. The third kappa shape index (κ3) is 2.64. The molecule has 0 spiro atoms. The van der Waals surface area contributed by atoms with E-state index in [9.17, 15) is 4.39 Å². The van der Waals surface area contributed by atoms with Crippen molar-refractivity contribution >= 4 is 15.9 Å². The smallest absolute Gasteiger partial charge is 0.130 e. The van der Waals surface area contributed by atoms with Crippen LogP contribution in [0.4, 0.5) is 4.39 Å². The van der Waals surface area contributed by atoms with Crippen LogP contribution in [0.25, 0.3) is 0 Å². The van der Waals surface area contributed by atoms with Gasteiger partial charge in [-0.25, -0.2) is 4.39 Å². The average molecular weight is 338 g/mol. The summed E-state index contributed by atoms with van der Waals surface area (Å²) in [4.78, 5) is 0. The van der Waals surface area contributed by atoms with Gasteiger partial charge < -0.3 is 15.2 Å². The number of rotatable bonds is 3. The molecule has 1 unspecified atom stereocenters. The second-order valence-corrected chi connectivity index (χ2v) is 5.56. The van der Waals surface area contributed by atoms with Crippen LogP contribution in [0.3, 0.4) is 0 Å². The second-order valence-electron chi connectivity index (χ2n) is 4.64. The van der Waals surface area contributed by atoms with E-state index < -0.39 is 0 Å². The van der Waals surface area contributed by atoms with Gasteiger partial charge in [-0.15, -0.1) is 0 Å². The zero-order chi connectivity index (χ0) is 14.1. The van der Waals surface area contributed by atoms with Gasteiger partial charge >= 0.3 is 0 Å². The molecule has 3 nitrogen and oxygen atoms in total. The van der Waals surface area contributed by atoms with Crippen molar-refractivity contribution in [1.82, 2.24) is 0 Å². The van der Waals surface area contributed by atoms with Gasteiger partial charge in [0, 0.05) is 21.7 Å². The second kappa shape index (κ2) is 5.42. The highest BCUT2D eigenvalue weighted by molar-refractivity contribution is 9.10. The first kappa shape index (κ1) is 13.4. The standard InChI is InChI=1S/C15H13BrFNO2/c16-10-2-1-9(13(17)5-10)7-19-11-3-4-12-14(18)8-20-15(12)6-11/h1-6,14H,7-8,18H2. The summed E-state index contributed by atoms with van der Waals surface area (Å²) in [6.45, 7) is 0.657. The van der Waals surface area contributed by atoms with E-state index in [2.05, 4.69) is 15.9 Å². The number of hydrogen-bond acceptors (Lipinski definition) is 3. The van der Waals surface area contributed by atoms with Crippen LogP contribution in [-0.2, 0) is 6.61 Å². The molecule has 2 aromatic rings. The molecule has 0 saturated carbocycles. The Morgan fingerprint density at radius 3 is 2.95 bits per heavy atom. The summed E-state index contributed by atoms with van der Waals surface area (Å²) in [7, 11) is 0. The normalized spacial score (nSPS) is 16.6. The van der Waals surface area contributed by atoms with Crippen molar-refractivity contribution in [2.45, 2.75) is 12.6 Å². The Morgan fingerprint density at radius 2 is 2.15 bits per heavy atom. The Hall–Kier alpha value is -1.59. The molecule has 0 radical (unpaired) electrons. The number of hydrogen-bond donors (Lipinski definition) is 1. The van der Waals surface area contributed by atoms with Gasteiger partial charge in [0.25, 0.3) is 0 Å². The topological polar surface area (TPSA) is 44.5 Å². The van der Waals surface area contributed by atoms with Crippen LogP contribution in [-0.4, -0.2) is 6.61 Å². The molecule has 2 aromatic carbocycles. The van der Waals surface area contributed by atoms with Gasteiger partial charge in [0.2, 0.25) is 0 Å². The summed E-state index contributed by atoms with van der Waals surface area (Å²) < 4.78 is 25.4. The Labute approximate surface area is 124 Å². The molecule has 3 rings (SSSR count). The molecule has 0 aromatic heterocycles. The summed E-state index contributed by atoms with van der Waals surface area (Å²) in [6.07, 6.45) is 0. The highest BCUT2D eigenvalue weighted by Crippen LogP contribution is 2.34. The van der Waals surface area contributed by atoms with Gasteiger partial charge in [-0.3, -0.25) is 0 Å². The highest BCUT2D eigenvalue weighted by atomic mass is 79.9. The van der Waals surface area contributed by atoms with Gasteiger partial charge in [-0.1, -0.05) is 22.0 Å². The lowest BCUT2D eigenvalue weighted by Crippen LogP contribution is -2.10. The van der Waals surface area contributed by atoms with E-state index in [1.807, 2.05) is 12.1 Å². The SMILES string of the molecule is NC1COc2cc(OCc3ccc(Br)cc3F)ccc21. The maximum absolute atomic E-state index is 13.7. The fourth-order valence-corrected chi connectivity index (χ4v) is 2.44. The van der Waals surface area contributed by atoms with Crippen LogP contribution in [0.2, 0.25) is 0 Å². The van der Waals surface area contributed by atoms with Crippen molar-refractivity contribution < 1.29 is 13.9 Å². The van der Waals surface area contributed by atoms with E-state index in [1.54, 1.807) is 18.2 Å². The number of ether oxygens (including phenoxy) is 2. The molecule has 1 aliphatic rings. The molecule has 0 aliphatic carbocycles. The Kier molecular flexibility index (Phi) is 3.63. The Bertz CT molecular complexity index is 648. The van der Waals surface area contributed by atoms with E-state index in [0.29, 0.717) is 22.4 Å². The molecule has 1 atom stereocenters. The molecule has 1 aliphatic heterocycles. The summed E-state index contributed by atoms with van der Waals surface area (Å²) in [6, 6.07) is 10.3. The van der Waals surface area contributed by atoms with Crippen molar-refractivity contribution in [2.24, 2.45) is 5.73 Å². The van der Waals surface area contributed by atoms with Crippen LogP contribution in [0.1, 0.15) is 17.2 Å². The molecule has 0 bridgehead atoms. The summed E-state index contributed by atoms with van der Waals surface area (Å²) in [5, 5.41) is 0. The summed E-state index contributed by atoms with van der Waals surface area (Å²) in [5.41, 5.74) is 7.36. The molecular formula is C15H13BrFNO2. The quantitative estimate of drug-likeness (QED) is 0.931. The number of halogens is 2. The largest absolute Gasteiger partial charge is 0.491 e. The molecule has 104 valence electrons. The Morgan fingerprint density at radius 1 is 1.30 bits per heavy atom. The lowest BCUT2D eigenvalue weighted by molar-refractivity contribution is 0.295.